The van der Waals surface area contributed by atoms with Gasteiger partial charge in [-0.25, -0.2) is 0 Å². The van der Waals surface area contributed by atoms with Gasteiger partial charge in [-0.05, 0) is 57.2 Å². The van der Waals surface area contributed by atoms with Gasteiger partial charge in [0.1, 0.15) is 5.78 Å². The lowest BCUT2D eigenvalue weighted by Gasteiger charge is -2.44. The van der Waals surface area contributed by atoms with Crippen LogP contribution < -0.4 is 0 Å². The maximum atomic E-state index is 11.3. The number of rotatable bonds is 5. The summed E-state index contributed by atoms with van der Waals surface area (Å²) in [6.07, 6.45) is 12.7. The quantitative estimate of drug-likeness (QED) is 0.741. The Labute approximate surface area is 112 Å². The minimum absolute atomic E-state index is 0.427. The summed E-state index contributed by atoms with van der Waals surface area (Å²) in [6.45, 7) is 5.67. The molecule has 104 valence electrons. The van der Waals surface area contributed by atoms with Crippen LogP contribution in [0.15, 0.2) is 0 Å². The summed E-state index contributed by atoms with van der Waals surface area (Å²) >= 11 is 0. The highest BCUT2D eigenvalue weighted by Crippen LogP contribution is 2.44. The zero-order chi connectivity index (χ0) is 12.8. The number of piperidine rings is 1. The van der Waals surface area contributed by atoms with Crippen molar-refractivity contribution in [1.29, 1.82) is 0 Å². The molecule has 0 unspecified atom stereocenters. The van der Waals surface area contributed by atoms with Crippen LogP contribution in [-0.4, -0.2) is 30.3 Å². The molecule has 0 aromatic carbocycles. The van der Waals surface area contributed by atoms with E-state index in [0.717, 1.165) is 19.4 Å². The first-order chi connectivity index (χ1) is 8.74. The average Bonchev–Trinajstić information content (AvgIpc) is 2.42. The van der Waals surface area contributed by atoms with E-state index < -0.39 is 0 Å². The van der Waals surface area contributed by atoms with Crippen molar-refractivity contribution in [3.63, 3.8) is 0 Å². The van der Waals surface area contributed by atoms with Crippen molar-refractivity contribution in [2.24, 2.45) is 5.41 Å². The second-order valence-corrected chi connectivity index (χ2v) is 6.40. The maximum Gasteiger partial charge on any atom is 0.132 e. The van der Waals surface area contributed by atoms with Crippen molar-refractivity contribution in [2.75, 3.05) is 19.6 Å². The Bertz CT molecular complexity index is 258. The number of ketones is 1. The average molecular weight is 251 g/mol. The van der Waals surface area contributed by atoms with Gasteiger partial charge in [-0.3, -0.25) is 4.79 Å². The lowest BCUT2D eigenvalue weighted by Crippen LogP contribution is -2.41. The summed E-state index contributed by atoms with van der Waals surface area (Å²) < 4.78 is 0. The second kappa shape index (κ2) is 6.70. The number of nitrogens with zero attached hydrogens (tertiary/aromatic N) is 1. The molecular weight excluding hydrogens is 222 g/mol. The van der Waals surface area contributed by atoms with Crippen molar-refractivity contribution in [1.82, 2.24) is 4.90 Å². The minimum atomic E-state index is 0.427. The molecule has 2 fully saturated rings. The zero-order valence-electron chi connectivity index (χ0n) is 12.0. The molecule has 0 radical (unpaired) electrons. The van der Waals surface area contributed by atoms with E-state index in [1.54, 1.807) is 0 Å². The third-order valence-electron chi connectivity index (χ3n) is 5.16. The minimum Gasteiger partial charge on any atom is -0.303 e. The van der Waals surface area contributed by atoms with E-state index in [4.69, 9.17) is 0 Å². The molecule has 0 aromatic heterocycles. The molecule has 0 atom stereocenters. The van der Waals surface area contributed by atoms with Gasteiger partial charge in [0.05, 0.1) is 0 Å². The number of carbonyl (C=O) groups is 1. The van der Waals surface area contributed by atoms with Gasteiger partial charge in [0, 0.05) is 12.8 Å². The Morgan fingerprint density at radius 2 is 1.72 bits per heavy atom. The molecule has 0 bridgehead atoms. The van der Waals surface area contributed by atoms with Crippen molar-refractivity contribution in [3.05, 3.63) is 0 Å². The fourth-order valence-electron chi connectivity index (χ4n) is 3.73. The second-order valence-electron chi connectivity index (χ2n) is 6.40. The highest BCUT2D eigenvalue weighted by molar-refractivity contribution is 5.77. The molecular formula is C16H29NO. The molecule has 1 saturated heterocycles. The number of hydrogen-bond donors (Lipinski definition) is 0. The highest BCUT2D eigenvalue weighted by atomic mass is 16.1. The normalized spacial score (nSPS) is 24.3. The molecule has 1 heterocycles. The van der Waals surface area contributed by atoms with Crippen LogP contribution in [0, 0.1) is 5.41 Å². The fraction of sp³-hybridized carbons (Fsp3) is 0.938. The van der Waals surface area contributed by atoms with Crippen molar-refractivity contribution in [2.45, 2.75) is 71.1 Å². The van der Waals surface area contributed by atoms with Crippen LogP contribution >= 0.6 is 0 Å². The van der Waals surface area contributed by atoms with Crippen LogP contribution in [0.2, 0.25) is 0 Å². The molecule has 0 aromatic rings. The third-order valence-corrected chi connectivity index (χ3v) is 5.16. The lowest BCUT2D eigenvalue weighted by atomic mass is 9.68. The topological polar surface area (TPSA) is 20.3 Å². The molecule has 2 rings (SSSR count). The molecule has 18 heavy (non-hydrogen) atoms. The third kappa shape index (κ3) is 3.81. The smallest absolute Gasteiger partial charge is 0.132 e. The summed E-state index contributed by atoms with van der Waals surface area (Å²) in [5.41, 5.74) is 0.716. The van der Waals surface area contributed by atoms with Gasteiger partial charge >= 0.3 is 0 Å². The molecule has 2 aliphatic rings. The summed E-state index contributed by atoms with van der Waals surface area (Å²) in [6, 6.07) is 0. The molecule has 1 aliphatic carbocycles. The van der Waals surface area contributed by atoms with Crippen LogP contribution in [-0.2, 0) is 4.79 Å². The first-order valence-electron chi connectivity index (χ1n) is 7.98. The molecule has 2 nitrogen and oxygen atoms in total. The van der Waals surface area contributed by atoms with Crippen LogP contribution in [0.1, 0.15) is 71.1 Å². The van der Waals surface area contributed by atoms with E-state index in [0.29, 0.717) is 17.6 Å². The van der Waals surface area contributed by atoms with Crippen LogP contribution in [0.25, 0.3) is 0 Å². The SMILES string of the molecule is CCC(=O)CCCN1CCC2(CCCCC2)CC1. The van der Waals surface area contributed by atoms with E-state index in [9.17, 15) is 4.79 Å². The van der Waals surface area contributed by atoms with Gasteiger partial charge in [-0.1, -0.05) is 26.2 Å². The monoisotopic (exact) mass is 251 g/mol. The van der Waals surface area contributed by atoms with Gasteiger partial charge in [0.2, 0.25) is 0 Å². The van der Waals surface area contributed by atoms with Crippen molar-refractivity contribution >= 4 is 5.78 Å². The van der Waals surface area contributed by atoms with Crippen LogP contribution in [0.3, 0.4) is 0 Å². The van der Waals surface area contributed by atoms with Gasteiger partial charge < -0.3 is 4.90 Å². The predicted octanol–water partition coefficient (Wildman–Crippen LogP) is 3.79. The number of carbonyl (C=O) groups excluding carboxylic acids is 1. The highest BCUT2D eigenvalue weighted by Gasteiger charge is 2.35. The van der Waals surface area contributed by atoms with Gasteiger partial charge in [0.25, 0.3) is 0 Å². The fourth-order valence-corrected chi connectivity index (χ4v) is 3.73. The van der Waals surface area contributed by atoms with E-state index >= 15 is 0 Å². The zero-order valence-corrected chi connectivity index (χ0v) is 12.0. The van der Waals surface area contributed by atoms with Crippen LogP contribution in [0.4, 0.5) is 0 Å². The van der Waals surface area contributed by atoms with Gasteiger partial charge in [0.15, 0.2) is 0 Å². The molecule has 1 saturated carbocycles. The summed E-state index contributed by atoms with van der Waals surface area (Å²) in [5.74, 6) is 0.427. The first kappa shape index (κ1) is 14.0. The molecule has 0 N–H and O–H groups in total. The molecule has 2 heteroatoms. The van der Waals surface area contributed by atoms with E-state index in [-0.39, 0.29) is 0 Å². The van der Waals surface area contributed by atoms with Crippen molar-refractivity contribution < 1.29 is 4.79 Å². The van der Waals surface area contributed by atoms with Crippen LogP contribution in [0.5, 0.6) is 0 Å². The predicted molar refractivity (Wildman–Crippen MR) is 75.7 cm³/mol. The van der Waals surface area contributed by atoms with Gasteiger partial charge in [-0.2, -0.15) is 0 Å². The Morgan fingerprint density at radius 3 is 2.33 bits per heavy atom. The molecule has 1 spiro atoms. The van der Waals surface area contributed by atoms with E-state index in [1.165, 1.54) is 58.0 Å². The Kier molecular flexibility index (Phi) is 5.23. The summed E-state index contributed by atoms with van der Waals surface area (Å²) in [5, 5.41) is 0. The Morgan fingerprint density at radius 1 is 1.06 bits per heavy atom. The number of hydrogen-bond acceptors (Lipinski definition) is 2. The Hall–Kier alpha value is -0.370. The maximum absolute atomic E-state index is 11.3. The summed E-state index contributed by atoms with van der Waals surface area (Å²) in [4.78, 5) is 13.9. The number of Topliss-reactive ketones (excluding diaryl/α,β-unsaturated/α-hetero) is 1. The van der Waals surface area contributed by atoms with E-state index in [1.807, 2.05) is 6.92 Å². The molecule has 0 amide bonds. The van der Waals surface area contributed by atoms with E-state index in [2.05, 4.69) is 4.90 Å². The summed E-state index contributed by atoms with van der Waals surface area (Å²) in [7, 11) is 0. The Balaban J connectivity index is 1.65. The number of likely N-dealkylation sites (tertiary alicyclic amines) is 1. The van der Waals surface area contributed by atoms with Crippen molar-refractivity contribution in [3.8, 4) is 0 Å². The largest absolute Gasteiger partial charge is 0.303 e. The lowest BCUT2D eigenvalue weighted by molar-refractivity contribution is -0.118. The standard InChI is InChI=1S/C16H29NO/c1-2-15(18)7-6-12-17-13-10-16(11-14-17)8-4-3-5-9-16/h2-14H2,1H3. The van der Waals surface area contributed by atoms with Gasteiger partial charge in [-0.15, -0.1) is 0 Å². The molecule has 1 aliphatic heterocycles. The first-order valence-corrected chi connectivity index (χ1v) is 7.98.